The predicted molar refractivity (Wildman–Crippen MR) is 217 cm³/mol. The number of carbonyl (C=O) groups excluding carboxylic acids is 2. The Kier molecular flexibility index (Phi) is 14.2. The van der Waals surface area contributed by atoms with Crippen LogP contribution in [0.5, 0.6) is 5.75 Å². The Morgan fingerprint density at radius 3 is 2.16 bits per heavy atom. The zero-order valence-corrected chi connectivity index (χ0v) is 33.9. The van der Waals surface area contributed by atoms with E-state index in [0.717, 1.165) is 15.9 Å². The van der Waals surface area contributed by atoms with Crippen LogP contribution >= 0.6 is 0 Å². The van der Waals surface area contributed by atoms with Crippen LogP contribution in [0.2, 0.25) is 5.04 Å². The van der Waals surface area contributed by atoms with Crippen LogP contribution in [-0.4, -0.2) is 77.3 Å². The molecule has 11 heteroatoms. The second-order valence-electron chi connectivity index (χ2n) is 16.1. The van der Waals surface area contributed by atoms with Gasteiger partial charge in [0.1, 0.15) is 0 Å². The summed E-state index contributed by atoms with van der Waals surface area (Å²) >= 11 is 0. The molecule has 0 bridgehead atoms. The first-order valence-corrected chi connectivity index (χ1v) is 21.6. The number of hydrogen-bond donors (Lipinski definition) is 4. The lowest BCUT2D eigenvalue weighted by Crippen LogP contribution is -2.66. The molecule has 3 aromatic carbocycles. The number of carboxylic acid groups (broad SMARTS) is 1. The molecule has 3 aromatic rings. The molecule has 1 aliphatic heterocycles. The van der Waals surface area contributed by atoms with Gasteiger partial charge in [0, 0.05) is 18.9 Å². The molecule has 1 fully saturated rings. The predicted octanol–water partition coefficient (Wildman–Crippen LogP) is 6.60. The molecule has 9 nitrogen and oxygen atoms in total. The highest BCUT2D eigenvalue weighted by atomic mass is 28.4. The minimum absolute atomic E-state index is 0.0142. The summed E-state index contributed by atoms with van der Waals surface area (Å²) in [7, 11) is -3.08. The number of hydrogen-bond acceptors (Lipinski definition) is 7. The second-order valence-corrected chi connectivity index (χ2v) is 20.4. The lowest BCUT2D eigenvalue weighted by Gasteiger charge is -2.44. The lowest BCUT2D eigenvalue weighted by molar-refractivity contribution is -0.141. The third kappa shape index (κ3) is 9.23. The van der Waals surface area contributed by atoms with Crippen molar-refractivity contribution in [3.63, 3.8) is 0 Å². The first kappa shape index (κ1) is 42.7. The summed E-state index contributed by atoms with van der Waals surface area (Å²) in [6, 6.07) is 24.5. The van der Waals surface area contributed by atoms with E-state index in [-0.39, 0.29) is 49.3 Å². The van der Waals surface area contributed by atoms with Gasteiger partial charge in [0.15, 0.2) is 11.6 Å². The summed E-state index contributed by atoms with van der Waals surface area (Å²) < 4.78 is 21.5. The molecule has 0 unspecified atom stereocenters. The van der Waals surface area contributed by atoms with Crippen LogP contribution in [0.4, 0.5) is 4.39 Å². The number of aliphatic carboxylic acids is 1. The number of halogens is 1. The van der Waals surface area contributed by atoms with E-state index in [0.29, 0.717) is 48.8 Å². The van der Waals surface area contributed by atoms with Crippen molar-refractivity contribution in [3.8, 4) is 5.75 Å². The highest BCUT2D eigenvalue weighted by Gasteiger charge is 2.56. The van der Waals surface area contributed by atoms with Crippen molar-refractivity contribution >= 4 is 42.6 Å². The molecule has 1 aliphatic carbocycles. The molecule has 4 atom stereocenters. The van der Waals surface area contributed by atoms with Gasteiger partial charge in [0.25, 0.3) is 8.32 Å². The van der Waals surface area contributed by atoms with E-state index in [4.69, 9.17) is 9.53 Å². The Labute approximate surface area is 330 Å². The highest BCUT2D eigenvalue weighted by molar-refractivity contribution is 6.99. The van der Waals surface area contributed by atoms with E-state index in [1.54, 1.807) is 6.07 Å². The number of carbonyl (C=O) groups is 3. The van der Waals surface area contributed by atoms with Crippen molar-refractivity contribution in [1.82, 2.24) is 4.90 Å². The number of phenolic OH excluding ortho intramolecular Hbond substituents is 1. The normalized spacial score (nSPS) is 19.7. The monoisotopic (exact) mass is 785 g/mol. The van der Waals surface area contributed by atoms with Gasteiger partial charge in [0.2, 0.25) is 11.8 Å². The Morgan fingerprint density at radius 1 is 0.964 bits per heavy atom. The highest BCUT2D eigenvalue weighted by Crippen LogP contribution is 2.47. The second kappa shape index (κ2) is 18.7. The number of aromatic hydroxyl groups is 1. The van der Waals surface area contributed by atoms with Gasteiger partial charge in [0.05, 0.1) is 31.2 Å². The van der Waals surface area contributed by atoms with Crippen molar-refractivity contribution < 1.29 is 43.6 Å². The summed E-state index contributed by atoms with van der Waals surface area (Å²) in [6.07, 6.45) is 3.74. The Hall–Kier alpha value is -4.42. The first-order valence-electron chi connectivity index (χ1n) is 19.7. The van der Waals surface area contributed by atoms with E-state index >= 15 is 0 Å². The average Bonchev–Trinajstić information content (AvgIpc) is 3.41. The third-order valence-corrected chi connectivity index (χ3v) is 16.5. The summed E-state index contributed by atoms with van der Waals surface area (Å²) in [5, 5.41) is 43.7. The van der Waals surface area contributed by atoms with Crippen LogP contribution in [0.15, 0.2) is 95.6 Å². The van der Waals surface area contributed by atoms with E-state index in [1.165, 1.54) is 17.0 Å². The van der Waals surface area contributed by atoms with Gasteiger partial charge in [-0.15, -0.1) is 0 Å². The van der Waals surface area contributed by atoms with Crippen LogP contribution in [0.3, 0.4) is 0 Å². The molecule has 2 amide bonds. The molecule has 0 aromatic heterocycles. The standard InChI is InChI=1S/C45H56FNO8Si/c1-5-30(25-31-21-22-38(49)37(46)26-31)20-23-39(50)41-32(27-35-42(36(41)28-48)44(54)47(43(35)53)24-14-8-13-19-40(51)52)29-55-56(45(2,3)4,33-15-9-6-10-16-33)34-17-11-7-12-18-34/h6-7,9-12,15-18,21-22,25-26,35-36,39,42,48-50H,5,8,13-14,19-20,23-24,27-29H2,1-4H3,(H,51,52)/b30-25+/t35-,36+,39-,42-/m1/s1. The summed E-state index contributed by atoms with van der Waals surface area (Å²) in [6.45, 7) is 8.27. The zero-order chi connectivity index (χ0) is 40.6. The fourth-order valence-corrected chi connectivity index (χ4v) is 13.3. The number of allylic oxidation sites excluding steroid dienone is 1. The number of phenols is 1. The Balaban J connectivity index is 1.53. The number of carboxylic acids is 1. The number of aliphatic hydroxyl groups is 2. The fourth-order valence-electron chi connectivity index (χ4n) is 8.73. The molecular weight excluding hydrogens is 730 g/mol. The number of rotatable bonds is 18. The molecule has 56 heavy (non-hydrogen) atoms. The summed E-state index contributed by atoms with van der Waals surface area (Å²) in [5.41, 5.74) is 2.76. The number of likely N-dealkylation sites (tertiary alicyclic amines) is 1. The number of unbranched alkanes of at least 4 members (excludes halogenated alkanes) is 2. The van der Waals surface area contributed by atoms with Crippen LogP contribution in [0.25, 0.3) is 6.08 Å². The van der Waals surface area contributed by atoms with Crippen LogP contribution in [0.1, 0.15) is 84.6 Å². The van der Waals surface area contributed by atoms with Gasteiger partial charge in [-0.1, -0.05) is 112 Å². The maximum absolute atomic E-state index is 14.2. The van der Waals surface area contributed by atoms with Gasteiger partial charge < -0.3 is 24.9 Å². The number of imide groups is 1. The maximum Gasteiger partial charge on any atom is 0.303 e. The number of aliphatic hydroxyl groups excluding tert-OH is 2. The zero-order valence-electron chi connectivity index (χ0n) is 32.9. The molecule has 0 spiro atoms. The van der Waals surface area contributed by atoms with Gasteiger partial charge in [-0.2, -0.15) is 0 Å². The Morgan fingerprint density at radius 2 is 1.61 bits per heavy atom. The molecule has 0 saturated carbocycles. The van der Waals surface area contributed by atoms with Gasteiger partial charge in [-0.25, -0.2) is 4.39 Å². The van der Waals surface area contributed by atoms with E-state index < -0.39 is 56.3 Å². The van der Waals surface area contributed by atoms with Gasteiger partial charge >= 0.3 is 5.97 Å². The first-order chi connectivity index (χ1) is 26.7. The smallest absolute Gasteiger partial charge is 0.303 e. The molecular formula is C45H56FNO8Si. The fraction of sp³-hybridized carbons (Fsp3) is 0.444. The van der Waals surface area contributed by atoms with Crippen molar-refractivity contribution in [2.24, 2.45) is 17.8 Å². The lowest BCUT2D eigenvalue weighted by atomic mass is 9.68. The molecule has 300 valence electrons. The van der Waals surface area contributed by atoms with Crippen LogP contribution < -0.4 is 10.4 Å². The minimum Gasteiger partial charge on any atom is -0.505 e. The SMILES string of the molecule is CC/C(=C\c1ccc(O)c(F)c1)CC[C@@H](O)C1=C(CO[Si](c2ccccc2)(c2ccccc2)C(C)(C)C)C[C@H]2C(=O)N(CCCCCC(=O)O)C(=O)[C@H]2[C@H]1CO. The number of benzene rings is 3. The largest absolute Gasteiger partial charge is 0.505 e. The van der Waals surface area contributed by atoms with Crippen molar-refractivity contribution in [1.29, 1.82) is 0 Å². The molecule has 0 radical (unpaired) electrons. The van der Waals surface area contributed by atoms with Crippen LogP contribution in [0, 0.1) is 23.6 Å². The van der Waals surface area contributed by atoms with E-state index in [1.807, 2.05) is 49.4 Å². The van der Waals surface area contributed by atoms with Crippen molar-refractivity contribution in [2.75, 3.05) is 19.8 Å². The average molecular weight is 786 g/mol. The van der Waals surface area contributed by atoms with Crippen molar-refractivity contribution in [2.45, 2.75) is 90.2 Å². The van der Waals surface area contributed by atoms with Gasteiger partial charge in [-0.3, -0.25) is 19.3 Å². The maximum atomic E-state index is 14.2. The molecule has 5 rings (SSSR count). The number of nitrogens with zero attached hydrogens (tertiary/aromatic N) is 1. The summed E-state index contributed by atoms with van der Waals surface area (Å²) in [4.78, 5) is 40.4. The van der Waals surface area contributed by atoms with E-state index in [9.17, 15) is 34.1 Å². The quantitative estimate of drug-likeness (QED) is 0.0489. The number of fused-ring (bicyclic) bond motifs is 1. The van der Waals surface area contributed by atoms with Crippen LogP contribution in [-0.2, 0) is 18.8 Å². The molecule has 1 heterocycles. The third-order valence-electron chi connectivity index (χ3n) is 11.5. The molecule has 2 aliphatic rings. The van der Waals surface area contributed by atoms with Gasteiger partial charge in [-0.05, 0) is 82.8 Å². The molecule has 4 N–H and O–H groups in total. The summed E-state index contributed by atoms with van der Waals surface area (Å²) in [5.74, 6) is -5.15. The Bertz CT molecular complexity index is 1870. The topological polar surface area (TPSA) is 145 Å². The molecule has 1 saturated heterocycles. The van der Waals surface area contributed by atoms with E-state index in [2.05, 4.69) is 45.0 Å². The minimum atomic E-state index is -3.08. The number of amides is 2. The van der Waals surface area contributed by atoms with Crippen molar-refractivity contribution in [3.05, 3.63) is 107 Å².